The zero-order valence-electron chi connectivity index (χ0n) is 29.5. The molecule has 2 heterocycles. The van der Waals surface area contributed by atoms with Crippen LogP contribution in [0.5, 0.6) is 5.75 Å². The molecule has 2 aliphatic rings. The van der Waals surface area contributed by atoms with Crippen molar-refractivity contribution in [2.45, 2.75) is 75.9 Å². The first kappa shape index (κ1) is 40.5. The van der Waals surface area contributed by atoms with E-state index in [1.54, 1.807) is 12.1 Å². The van der Waals surface area contributed by atoms with Crippen LogP contribution >= 0.6 is 11.3 Å². The van der Waals surface area contributed by atoms with E-state index >= 15 is 0 Å². The van der Waals surface area contributed by atoms with Crippen LogP contribution in [0.4, 0.5) is 33.3 Å². The minimum Gasteiger partial charge on any atom is -0.467 e. The summed E-state index contributed by atoms with van der Waals surface area (Å²) < 4.78 is 83.6. The zero-order chi connectivity index (χ0) is 38.8. The van der Waals surface area contributed by atoms with Crippen molar-refractivity contribution in [1.82, 2.24) is 10.2 Å². The Bertz CT molecular complexity index is 1850. The van der Waals surface area contributed by atoms with Gasteiger partial charge in [-0.15, -0.1) is 11.3 Å². The second kappa shape index (κ2) is 18.6. The molecule has 1 saturated heterocycles. The molecule has 1 aliphatic carbocycles. The molecule has 0 bridgehead atoms. The van der Waals surface area contributed by atoms with Crippen molar-refractivity contribution >= 4 is 50.6 Å². The number of ether oxygens (including phenoxy) is 3. The smallest absolute Gasteiger partial charge is 0.393 e. The Morgan fingerprint density at radius 3 is 2.48 bits per heavy atom. The predicted molar refractivity (Wildman–Crippen MR) is 194 cm³/mol. The van der Waals surface area contributed by atoms with Gasteiger partial charge in [-0.1, -0.05) is 24.0 Å². The molecule has 5 N–H and O–H groups in total. The number of anilines is 2. The van der Waals surface area contributed by atoms with Crippen LogP contribution in [0, 0.1) is 11.8 Å². The highest BCUT2D eigenvalue weighted by Gasteiger charge is 2.32. The number of primary amides is 1. The third-order valence-electron chi connectivity index (χ3n) is 9.31. The lowest BCUT2D eigenvalue weighted by Crippen LogP contribution is -2.46. The third kappa shape index (κ3) is 11.2. The zero-order valence-corrected chi connectivity index (χ0v) is 30.3. The molecule has 292 valence electrons. The Labute approximate surface area is 313 Å². The van der Waals surface area contributed by atoms with Crippen LogP contribution in [0.2, 0.25) is 0 Å². The number of alkyl halides is 5. The van der Waals surface area contributed by atoms with Crippen molar-refractivity contribution in [3.63, 3.8) is 0 Å². The lowest BCUT2D eigenvalue weighted by atomic mass is 9.89. The molecule has 5 rings (SSSR count). The van der Waals surface area contributed by atoms with Gasteiger partial charge >= 0.3 is 18.8 Å². The molecule has 1 aromatic heterocycles. The van der Waals surface area contributed by atoms with Gasteiger partial charge in [-0.25, -0.2) is 4.79 Å². The molecule has 1 aliphatic heterocycles. The van der Waals surface area contributed by atoms with E-state index in [0.29, 0.717) is 16.1 Å². The number of carbonyl (C=O) groups is 3. The molecule has 3 aromatic rings. The van der Waals surface area contributed by atoms with Gasteiger partial charge < -0.3 is 35.9 Å². The predicted octanol–water partition coefficient (Wildman–Crippen LogP) is 5.66. The molecule has 11 nitrogen and oxygen atoms in total. The lowest BCUT2D eigenvalue weighted by molar-refractivity contribution is -0.143. The summed E-state index contributed by atoms with van der Waals surface area (Å²) in [4.78, 5) is 38.9. The number of hydrogen-bond acceptors (Lipinski definition) is 10. The highest BCUT2D eigenvalue weighted by molar-refractivity contribution is 7.20. The van der Waals surface area contributed by atoms with Gasteiger partial charge in [0.25, 0.3) is 5.91 Å². The molecular formula is C37H42F5N5O6S. The second-order valence-electron chi connectivity index (χ2n) is 13.0. The second-order valence-corrected chi connectivity index (χ2v) is 14.0. The van der Waals surface area contributed by atoms with Crippen LogP contribution in [-0.4, -0.2) is 93.6 Å². The van der Waals surface area contributed by atoms with E-state index in [1.807, 2.05) is 6.07 Å². The number of amides is 2. The van der Waals surface area contributed by atoms with E-state index in [2.05, 4.69) is 42.2 Å². The molecule has 0 spiro atoms. The highest BCUT2D eigenvalue weighted by Crippen LogP contribution is 2.40. The number of benzene rings is 2. The van der Waals surface area contributed by atoms with Crippen LogP contribution in [0.3, 0.4) is 0 Å². The van der Waals surface area contributed by atoms with Gasteiger partial charge in [0, 0.05) is 37.2 Å². The fourth-order valence-corrected chi connectivity index (χ4v) is 7.87. The minimum absolute atomic E-state index is 0.0288. The topological polar surface area (TPSA) is 144 Å². The molecule has 1 saturated carbocycles. The first-order valence-electron chi connectivity index (χ1n) is 17.5. The number of esters is 1. The monoisotopic (exact) mass is 779 g/mol. The van der Waals surface area contributed by atoms with Gasteiger partial charge in [-0.3, -0.25) is 14.5 Å². The lowest BCUT2D eigenvalue weighted by Gasteiger charge is -2.39. The summed E-state index contributed by atoms with van der Waals surface area (Å²) in [6.45, 7) is -0.0950. The Hall–Kier alpha value is -4.66. The molecule has 2 aromatic carbocycles. The normalized spacial score (nSPS) is 18.4. The Balaban J connectivity index is 1.30. The number of nitrogens with zero attached hydrogens (tertiary/aromatic N) is 1. The van der Waals surface area contributed by atoms with Gasteiger partial charge in [-0.2, -0.15) is 22.0 Å². The Kier molecular flexibility index (Phi) is 13.9. The number of carbonyl (C=O) groups excluding carboxylic acids is 3. The number of fused-ring (bicyclic) bond motifs is 1. The molecule has 17 heteroatoms. The summed E-state index contributed by atoms with van der Waals surface area (Å²) in [7, 11) is 1.09. The van der Waals surface area contributed by atoms with Crippen LogP contribution in [-0.2, 0) is 25.5 Å². The van der Waals surface area contributed by atoms with Gasteiger partial charge in [0.2, 0.25) is 5.91 Å². The third-order valence-corrected chi connectivity index (χ3v) is 10.5. The summed E-state index contributed by atoms with van der Waals surface area (Å²) in [5, 5.41) is 9.26. The number of halogens is 5. The average molecular weight is 780 g/mol. The summed E-state index contributed by atoms with van der Waals surface area (Å²) in [6.07, 6.45) is -2.11. The Morgan fingerprint density at radius 1 is 1.07 bits per heavy atom. The largest absolute Gasteiger partial charge is 0.467 e. The molecule has 1 atom stereocenters. The van der Waals surface area contributed by atoms with Crippen molar-refractivity contribution in [2.75, 3.05) is 50.6 Å². The van der Waals surface area contributed by atoms with E-state index in [1.165, 1.54) is 23.5 Å². The molecular weight excluding hydrogens is 737 g/mol. The van der Waals surface area contributed by atoms with Gasteiger partial charge in [-0.05, 0) is 67.3 Å². The first-order valence-corrected chi connectivity index (χ1v) is 18.3. The minimum atomic E-state index is -4.49. The molecule has 2 fully saturated rings. The van der Waals surface area contributed by atoms with Gasteiger partial charge in [0.1, 0.15) is 11.8 Å². The molecule has 0 radical (unpaired) electrons. The summed E-state index contributed by atoms with van der Waals surface area (Å²) >= 11 is 1.17. The summed E-state index contributed by atoms with van der Waals surface area (Å²) in [6, 6.07) is 8.30. The number of rotatable bonds is 14. The van der Waals surface area contributed by atoms with Gasteiger partial charge in [0.05, 0.1) is 54.2 Å². The van der Waals surface area contributed by atoms with Crippen molar-refractivity contribution in [1.29, 1.82) is 0 Å². The standard InChI is InChI=1S/C37H42F5N5O6S/c1-51-35(50)29(13-14-32(43)48)46-34(49)22-7-12-27(30(20-22)53-36(38)39)44-15-3-6-31-26(21-37(40,41)42)25-4-2-5-28(33(25)54-31)45-23-8-10-24(11-9-23)47-16-18-52-19-17-47/h2,4-5,7,12,20,23-24,29,36,44-45H,8-11,13-19,21H2,1H3,(H2,43,48)(H,46,49). The van der Waals surface area contributed by atoms with Crippen LogP contribution < -0.4 is 26.4 Å². The van der Waals surface area contributed by atoms with Crippen LogP contribution in [0.1, 0.15) is 59.3 Å². The fourth-order valence-electron chi connectivity index (χ4n) is 6.70. The van der Waals surface area contributed by atoms with Crippen molar-refractivity contribution in [3.05, 3.63) is 52.4 Å². The molecule has 2 amide bonds. The van der Waals surface area contributed by atoms with Crippen molar-refractivity contribution < 1.29 is 50.5 Å². The number of nitrogens with two attached hydrogens (primary N) is 1. The fraction of sp³-hybridized carbons (Fsp3) is 0.486. The number of hydrogen-bond donors (Lipinski definition) is 4. The van der Waals surface area contributed by atoms with Crippen molar-refractivity contribution in [2.24, 2.45) is 5.73 Å². The maximum Gasteiger partial charge on any atom is 0.393 e. The molecule has 54 heavy (non-hydrogen) atoms. The first-order chi connectivity index (χ1) is 25.8. The van der Waals surface area contributed by atoms with Crippen molar-refractivity contribution in [3.8, 4) is 17.6 Å². The number of methoxy groups -OCH3 is 1. The summed E-state index contributed by atoms with van der Waals surface area (Å²) in [5.41, 5.74) is 5.84. The summed E-state index contributed by atoms with van der Waals surface area (Å²) in [5.74, 6) is 2.85. The highest BCUT2D eigenvalue weighted by atomic mass is 32.1. The van der Waals surface area contributed by atoms with E-state index in [-0.39, 0.29) is 47.1 Å². The molecule has 1 unspecified atom stereocenters. The van der Waals surface area contributed by atoms with Crippen LogP contribution in [0.15, 0.2) is 36.4 Å². The average Bonchev–Trinajstić information content (AvgIpc) is 3.48. The Morgan fingerprint density at radius 2 is 1.81 bits per heavy atom. The SMILES string of the molecule is COC(=O)C(CCC(N)=O)NC(=O)c1ccc(NCC#Cc2sc3c(NC4CCC(N5CCOCC5)CC4)cccc3c2CC(F)(F)F)c(OC(F)F)c1. The van der Waals surface area contributed by atoms with E-state index in [0.717, 1.165) is 70.9 Å². The number of morpholine rings is 1. The quantitative estimate of drug-likeness (QED) is 0.0926. The van der Waals surface area contributed by atoms with E-state index in [4.69, 9.17) is 10.5 Å². The number of nitrogens with one attached hydrogen (secondary N) is 3. The van der Waals surface area contributed by atoms with Gasteiger partial charge in [0.15, 0.2) is 0 Å². The van der Waals surface area contributed by atoms with Crippen LogP contribution in [0.25, 0.3) is 10.1 Å². The maximum absolute atomic E-state index is 13.8. The maximum atomic E-state index is 13.8. The number of thiophene rings is 1. The van der Waals surface area contributed by atoms with E-state index in [9.17, 15) is 36.3 Å². The van der Waals surface area contributed by atoms with E-state index < -0.39 is 48.8 Å².